The molecule has 0 unspecified atom stereocenters. The standard InChI is InChI=1S/C11H17N3/c1-8-5-6-9(12)10(7-8)13-14-11(2,3)4/h5-7H,12H2,1-4H3. The Bertz CT molecular complexity index is 348. The van der Waals surface area contributed by atoms with Gasteiger partial charge in [0.15, 0.2) is 0 Å². The number of azo groups is 1. The highest BCUT2D eigenvalue weighted by molar-refractivity contribution is 5.62. The van der Waals surface area contributed by atoms with Crippen molar-refractivity contribution >= 4 is 11.4 Å². The van der Waals surface area contributed by atoms with Crippen molar-refractivity contribution in [2.45, 2.75) is 33.2 Å². The molecule has 1 rings (SSSR count). The minimum Gasteiger partial charge on any atom is -0.397 e. The van der Waals surface area contributed by atoms with Gasteiger partial charge >= 0.3 is 0 Å². The molecule has 0 bridgehead atoms. The van der Waals surface area contributed by atoms with Crippen molar-refractivity contribution in [3.05, 3.63) is 23.8 Å². The van der Waals surface area contributed by atoms with E-state index < -0.39 is 0 Å². The summed E-state index contributed by atoms with van der Waals surface area (Å²) in [6.45, 7) is 8.02. The Labute approximate surface area is 85.0 Å². The second-order valence-electron chi connectivity index (χ2n) is 4.43. The summed E-state index contributed by atoms with van der Waals surface area (Å²) in [6.07, 6.45) is 0. The first-order chi connectivity index (χ1) is 6.38. The summed E-state index contributed by atoms with van der Waals surface area (Å²) in [5.74, 6) is 0. The van der Waals surface area contributed by atoms with Gasteiger partial charge in [-0.15, -0.1) is 0 Å². The Morgan fingerprint density at radius 3 is 2.43 bits per heavy atom. The van der Waals surface area contributed by atoms with Crippen molar-refractivity contribution in [1.29, 1.82) is 0 Å². The predicted octanol–water partition coefficient (Wildman–Crippen LogP) is 3.46. The van der Waals surface area contributed by atoms with Crippen LogP contribution >= 0.6 is 0 Å². The molecule has 3 nitrogen and oxygen atoms in total. The lowest BCUT2D eigenvalue weighted by Gasteiger charge is -2.09. The van der Waals surface area contributed by atoms with Gasteiger partial charge in [0.1, 0.15) is 5.69 Å². The number of nitrogen functional groups attached to an aromatic ring is 1. The molecule has 76 valence electrons. The quantitative estimate of drug-likeness (QED) is 0.536. The third-order valence-electron chi connectivity index (χ3n) is 1.64. The number of aryl methyl sites for hydroxylation is 1. The smallest absolute Gasteiger partial charge is 0.108 e. The van der Waals surface area contributed by atoms with Gasteiger partial charge in [-0.3, -0.25) is 0 Å². The molecule has 0 atom stereocenters. The predicted molar refractivity (Wildman–Crippen MR) is 59.9 cm³/mol. The Hall–Kier alpha value is -1.38. The van der Waals surface area contributed by atoms with Gasteiger partial charge in [0, 0.05) is 0 Å². The lowest BCUT2D eigenvalue weighted by Crippen LogP contribution is -2.07. The van der Waals surface area contributed by atoms with Crippen LogP contribution in [0.4, 0.5) is 11.4 Å². The highest BCUT2D eigenvalue weighted by Crippen LogP contribution is 2.24. The topological polar surface area (TPSA) is 50.7 Å². The minimum atomic E-state index is -0.157. The van der Waals surface area contributed by atoms with Gasteiger partial charge in [-0.1, -0.05) is 6.07 Å². The molecule has 14 heavy (non-hydrogen) atoms. The molecule has 2 N–H and O–H groups in total. The van der Waals surface area contributed by atoms with E-state index in [1.165, 1.54) is 0 Å². The molecule has 0 fully saturated rings. The van der Waals surface area contributed by atoms with E-state index >= 15 is 0 Å². The molecule has 1 aromatic rings. The van der Waals surface area contributed by atoms with Crippen LogP contribution in [0.1, 0.15) is 26.3 Å². The maximum atomic E-state index is 5.77. The van der Waals surface area contributed by atoms with E-state index in [2.05, 4.69) is 10.2 Å². The Kier molecular flexibility index (Phi) is 2.89. The second kappa shape index (κ2) is 3.78. The number of benzene rings is 1. The molecule has 0 saturated carbocycles. The lowest BCUT2D eigenvalue weighted by molar-refractivity contribution is 0.552. The summed E-state index contributed by atoms with van der Waals surface area (Å²) < 4.78 is 0. The van der Waals surface area contributed by atoms with Crippen LogP contribution in [0.5, 0.6) is 0 Å². The van der Waals surface area contributed by atoms with Crippen molar-refractivity contribution in [3.63, 3.8) is 0 Å². The number of nitrogens with zero attached hydrogens (tertiary/aromatic N) is 2. The van der Waals surface area contributed by atoms with Crippen LogP contribution < -0.4 is 5.73 Å². The van der Waals surface area contributed by atoms with E-state index in [4.69, 9.17) is 5.73 Å². The number of rotatable bonds is 1. The lowest BCUT2D eigenvalue weighted by atomic mass is 10.1. The normalized spacial score (nSPS) is 12.3. The van der Waals surface area contributed by atoms with Gasteiger partial charge in [-0.2, -0.15) is 10.2 Å². The zero-order chi connectivity index (χ0) is 10.8. The van der Waals surface area contributed by atoms with Crippen LogP contribution in [0.25, 0.3) is 0 Å². The van der Waals surface area contributed by atoms with Crippen LogP contribution in [-0.2, 0) is 0 Å². The Morgan fingerprint density at radius 2 is 1.86 bits per heavy atom. The number of anilines is 1. The number of hydrogen-bond acceptors (Lipinski definition) is 3. The molecular formula is C11H17N3. The van der Waals surface area contributed by atoms with Gasteiger partial charge in [-0.05, 0) is 45.4 Å². The summed E-state index contributed by atoms with van der Waals surface area (Å²) in [6, 6.07) is 5.75. The first-order valence-electron chi connectivity index (χ1n) is 4.67. The van der Waals surface area contributed by atoms with E-state index in [1.54, 1.807) is 0 Å². The number of hydrogen-bond donors (Lipinski definition) is 1. The highest BCUT2D eigenvalue weighted by atomic mass is 15.1. The summed E-state index contributed by atoms with van der Waals surface area (Å²) in [5, 5.41) is 8.31. The molecule has 3 heteroatoms. The fourth-order valence-corrected chi connectivity index (χ4v) is 0.944. The average molecular weight is 191 g/mol. The molecule has 0 saturated heterocycles. The Balaban J connectivity index is 2.97. The van der Waals surface area contributed by atoms with E-state index in [1.807, 2.05) is 45.9 Å². The maximum Gasteiger partial charge on any atom is 0.108 e. The SMILES string of the molecule is Cc1ccc(N)c(N=NC(C)(C)C)c1. The van der Waals surface area contributed by atoms with E-state index in [0.717, 1.165) is 11.3 Å². The van der Waals surface area contributed by atoms with Crippen LogP contribution in [0.3, 0.4) is 0 Å². The molecule has 0 amide bonds. The maximum absolute atomic E-state index is 5.77. The summed E-state index contributed by atoms with van der Waals surface area (Å²) >= 11 is 0. The summed E-state index contributed by atoms with van der Waals surface area (Å²) in [4.78, 5) is 0. The molecule has 0 spiro atoms. The monoisotopic (exact) mass is 191 g/mol. The van der Waals surface area contributed by atoms with E-state index in [9.17, 15) is 0 Å². The number of nitrogens with two attached hydrogens (primary N) is 1. The fourth-order valence-electron chi connectivity index (χ4n) is 0.944. The van der Waals surface area contributed by atoms with Crippen molar-refractivity contribution < 1.29 is 0 Å². The summed E-state index contributed by atoms with van der Waals surface area (Å²) in [5.41, 5.74) is 8.17. The van der Waals surface area contributed by atoms with E-state index in [-0.39, 0.29) is 5.54 Å². The van der Waals surface area contributed by atoms with Gasteiger partial charge in [0.05, 0.1) is 11.2 Å². The van der Waals surface area contributed by atoms with Crippen molar-refractivity contribution in [3.8, 4) is 0 Å². The van der Waals surface area contributed by atoms with Gasteiger partial charge in [0.2, 0.25) is 0 Å². The summed E-state index contributed by atoms with van der Waals surface area (Å²) in [7, 11) is 0. The first kappa shape index (κ1) is 10.7. The molecule has 0 heterocycles. The van der Waals surface area contributed by atoms with Gasteiger partial charge in [-0.25, -0.2) is 0 Å². The van der Waals surface area contributed by atoms with Crippen LogP contribution in [0, 0.1) is 6.92 Å². The zero-order valence-electron chi connectivity index (χ0n) is 9.20. The van der Waals surface area contributed by atoms with E-state index in [0.29, 0.717) is 5.69 Å². The third-order valence-corrected chi connectivity index (χ3v) is 1.64. The minimum absolute atomic E-state index is 0.157. The van der Waals surface area contributed by atoms with Crippen LogP contribution in [0.15, 0.2) is 28.4 Å². The van der Waals surface area contributed by atoms with Crippen molar-refractivity contribution in [2.75, 3.05) is 5.73 Å². The molecule has 0 aromatic heterocycles. The second-order valence-corrected chi connectivity index (χ2v) is 4.43. The first-order valence-corrected chi connectivity index (χ1v) is 4.67. The molecule has 0 radical (unpaired) electrons. The largest absolute Gasteiger partial charge is 0.397 e. The van der Waals surface area contributed by atoms with Crippen LogP contribution in [0.2, 0.25) is 0 Å². The van der Waals surface area contributed by atoms with Gasteiger partial charge in [0.25, 0.3) is 0 Å². The van der Waals surface area contributed by atoms with Crippen LogP contribution in [-0.4, -0.2) is 5.54 Å². The molecular weight excluding hydrogens is 174 g/mol. The molecule has 1 aromatic carbocycles. The zero-order valence-corrected chi connectivity index (χ0v) is 9.20. The molecule has 0 aliphatic rings. The van der Waals surface area contributed by atoms with Crippen molar-refractivity contribution in [2.24, 2.45) is 10.2 Å². The fraction of sp³-hybridized carbons (Fsp3) is 0.455. The average Bonchev–Trinajstić information content (AvgIpc) is 2.05. The third kappa shape index (κ3) is 3.17. The molecule has 0 aliphatic heterocycles. The molecule has 0 aliphatic carbocycles. The van der Waals surface area contributed by atoms with Crippen molar-refractivity contribution in [1.82, 2.24) is 0 Å². The highest BCUT2D eigenvalue weighted by Gasteiger charge is 2.07. The van der Waals surface area contributed by atoms with Gasteiger partial charge < -0.3 is 5.73 Å². The Morgan fingerprint density at radius 1 is 1.21 bits per heavy atom.